The summed E-state index contributed by atoms with van der Waals surface area (Å²) >= 11 is 0. The number of likely N-dealkylation sites (tertiary alicyclic amines) is 1. The first-order chi connectivity index (χ1) is 13.7. The predicted octanol–water partition coefficient (Wildman–Crippen LogP) is 2.21. The third-order valence-corrected chi connectivity index (χ3v) is 6.53. The summed E-state index contributed by atoms with van der Waals surface area (Å²) in [5.74, 6) is 0.127. The number of fused-ring (bicyclic) bond motifs is 1. The van der Waals surface area contributed by atoms with E-state index in [4.69, 9.17) is 5.10 Å². The molecule has 1 amide bonds. The topological polar surface area (TPSA) is 53.4 Å². The molecule has 0 saturated carbocycles. The zero-order chi connectivity index (χ0) is 19.1. The Morgan fingerprint density at radius 2 is 1.86 bits per heavy atom. The molecule has 5 rings (SSSR count). The van der Waals surface area contributed by atoms with Crippen LogP contribution in [0.25, 0.3) is 5.69 Å². The Morgan fingerprint density at radius 1 is 1.10 bits per heavy atom. The molecule has 1 atom stereocenters. The van der Waals surface area contributed by atoms with E-state index in [1.165, 1.54) is 16.8 Å². The highest BCUT2D eigenvalue weighted by Gasteiger charge is 2.35. The van der Waals surface area contributed by atoms with Gasteiger partial charge in [-0.05, 0) is 44.7 Å². The molecule has 7 heteroatoms. The van der Waals surface area contributed by atoms with Gasteiger partial charge in [-0.3, -0.25) is 9.69 Å². The molecule has 6 nitrogen and oxygen atoms in total. The number of carbonyl (C=O) groups is 1. The first-order valence-corrected chi connectivity index (χ1v) is 10.6. The fraction of sp³-hybridized carbons (Fsp3) is 0.545. The number of hydrogen-bond acceptors (Lipinski definition) is 4. The van der Waals surface area contributed by atoms with E-state index in [0.29, 0.717) is 11.7 Å². The molecule has 2 fully saturated rings. The molecule has 3 heterocycles. The smallest absolute Gasteiger partial charge is 0.274 e. The van der Waals surface area contributed by atoms with Crippen LogP contribution in [0.1, 0.15) is 40.2 Å². The van der Waals surface area contributed by atoms with Gasteiger partial charge in [0, 0.05) is 56.6 Å². The second-order valence-electron chi connectivity index (χ2n) is 8.35. The van der Waals surface area contributed by atoms with Gasteiger partial charge < -0.3 is 10.2 Å². The van der Waals surface area contributed by atoms with E-state index in [9.17, 15) is 4.79 Å². The first kappa shape index (κ1) is 20.4. The zero-order valence-electron chi connectivity index (χ0n) is 17.1. The summed E-state index contributed by atoms with van der Waals surface area (Å²) in [6, 6.07) is 8.92. The molecule has 2 aromatic rings. The van der Waals surface area contributed by atoms with Crippen molar-refractivity contribution in [2.75, 3.05) is 39.3 Å². The molecule has 2 saturated heterocycles. The zero-order valence-corrected chi connectivity index (χ0v) is 17.9. The number of halogens is 1. The molecule has 1 aromatic heterocycles. The van der Waals surface area contributed by atoms with Gasteiger partial charge in [0.25, 0.3) is 5.91 Å². The molecule has 1 N–H and O–H groups in total. The van der Waals surface area contributed by atoms with E-state index in [-0.39, 0.29) is 18.3 Å². The van der Waals surface area contributed by atoms with Crippen LogP contribution in [0.3, 0.4) is 0 Å². The molecule has 156 valence electrons. The molecule has 1 aromatic carbocycles. The van der Waals surface area contributed by atoms with Crippen molar-refractivity contribution in [3.8, 4) is 5.69 Å². The minimum absolute atomic E-state index is 0. The van der Waals surface area contributed by atoms with Crippen LogP contribution in [-0.4, -0.2) is 70.8 Å². The van der Waals surface area contributed by atoms with Gasteiger partial charge in [0.05, 0.1) is 5.69 Å². The number of hydrogen-bond donors (Lipinski definition) is 1. The average molecular weight is 416 g/mol. The standard InChI is InChI=1S/C22H29N5O.ClH/c1-16-5-7-17(8-6-16)27-20-4-2-3-19(20)21(24-27)22(28)26-12-9-18(15-26)25-13-10-23-11-14-25;/h5-8,18,23H,2-4,9-15H2,1H3;1H. The molecule has 29 heavy (non-hydrogen) atoms. The maximum Gasteiger partial charge on any atom is 0.274 e. The average Bonchev–Trinajstić information content (AvgIpc) is 3.45. The van der Waals surface area contributed by atoms with Crippen molar-refractivity contribution < 1.29 is 4.79 Å². The van der Waals surface area contributed by atoms with Crippen LogP contribution in [0, 0.1) is 6.92 Å². The molecule has 0 bridgehead atoms. The van der Waals surface area contributed by atoms with Crippen molar-refractivity contribution in [1.82, 2.24) is 24.9 Å². The van der Waals surface area contributed by atoms with Crippen LogP contribution in [0.5, 0.6) is 0 Å². The van der Waals surface area contributed by atoms with Gasteiger partial charge >= 0.3 is 0 Å². The van der Waals surface area contributed by atoms with Gasteiger partial charge in [0.2, 0.25) is 0 Å². The van der Waals surface area contributed by atoms with Crippen molar-refractivity contribution in [1.29, 1.82) is 0 Å². The van der Waals surface area contributed by atoms with Crippen LogP contribution in [0.4, 0.5) is 0 Å². The third-order valence-electron chi connectivity index (χ3n) is 6.53. The van der Waals surface area contributed by atoms with E-state index in [2.05, 4.69) is 41.4 Å². The maximum atomic E-state index is 13.4. The van der Waals surface area contributed by atoms with Crippen LogP contribution in [0.2, 0.25) is 0 Å². The number of benzene rings is 1. The second-order valence-corrected chi connectivity index (χ2v) is 8.35. The van der Waals surface area contributed by atoms with Crippen molar-refractivity contribution in [3.05, 3.63) is 46.8 Å². The summed E-state index contributed by atoms with van der Waals surface area (Å²) in [7, 11) is 0. The van der Waals surface area contributed by atoms with Crippen molar-refractivity contribution in [2.45, 2.75) is 38.6 Å². The van der Waals surface area contributed by atoms with Crippen molar-refractivity contribution in [3.63, 3.8) is 0 Å². The van der Waals surface area contributed by atoms with Gasteiger partial charge in [-0.25, -0.2) is 4.68 Å². The highest BCUT2D eigenvalue weighted by molar-refractivity contribution is 5.94. The fourth-order valence-corrected chi connectivity index (χ4v) is 4.93. The number of aromatic nitrogens is 2. The lowest BCUT2D eigenvalue weighted by Crippen LogP contribution is -2.49. The van der Waals surface area contributed by atoms with Gasteiger partial charge in [-0.15, -0.1) is 12.4 Å². The van der Waals surface area contributed by atoms with Crippen molar-refractivity contribution >= 4 is 18.3 Å². The number of amides is 1. The molecule has 3 aliphatic rings. The Morgan fingerprint density at radius 3 is 2.62 bits per heavy atom. The van der Waals surface area contributed by atoms with Crippen LogP contribution >= 0.6 is 12.4 Å². The molecule has 0 radical (unpaired) electrons. The van der Waals surface area contributed by atoms with Crippen LogP contribution < -0.4 is 5.32 Å². The number of rotatable bonds is 3. The summed E-state index contributed by atoms with van der Waals surface area (Å²) in [6.45, 7) is 8.06. The fourth-order valence-electron chi connectivity index (χ4n) is 4.93. The number of piperazine rings is 1. The van der Waals surface area contributed by atoms with Gasteiger partial charge in [0.15, 0.2) is 5.69 Å². The maximum absolute atomic E-state index is 13.4. The lowest BCUT2D eigenvalue weighted by Gasteiger charge is -2.32. The monoisotopic (exact) mass is 415 g/mol. The SMILES string of the molecule is Cc1ccc(-n2nc(C(=O)N3CCC(N4CCNCC4)C3)c3c2CCC3)cc1.Cl. The highest BCUT2D eigenvalue weighted by atomic mass is 35.5. The second kappa shape index (κ2) is 8.46. The molecule has 1 aliphatic carbocycles. The Kier molecular flexibility index (Phi) is 5.95. The van der Waals surface area contributed by atoms with Crippen LogP contribution in [-0.2, 0) is 12.8 Å². The first-order valence-electron chi connectivity index (χ1n) is 10.6. The number of carbonyl (C=O) groups excluding carboxylic acids is 1. The minimum Gasteiger partial charge on any atom is -0.336 e. The molecular weight excluding hydrogens is 386 g/mol. The summed E-state index contributed by atoms with van der Waals surface area (Å²) in [4.78, 5) is 17.9. The molecule has 0 spiro atoms. The Balaban J connectivity index is 0.00000205. The Bertz CT molecular complexity index is 872. The largest absolute Gasteiger partial charge is 0.336 e. The van der Waals surface area contributed by atoms with Gasteiger partial charge in [-0.1, -0.05) is 17.7 Å². The molecule has 2 aliphatic heterocycles. The third kappa shape index (κ3) is 3.81. The lowest BCUT2D eigenvalue weighted by molar-refractivity contribution is 0.0766. The Hall–Kier alpha value is -1.89. The number of nitrogens with zero attached hydrogens (tertiary/aromatic N) is 4. The van der Waals surface area contributed by atoms with E-state index >= 15 is 0 Å². The predicted molar refractivity (Wildman–Crippen MR) is 116 cm³/mol. The number of aryl methyl sites for hydroxylation is 1. The van der Waals surface area contributed by atoms with Crippen molar-refractivity contribution in [2.24, 2.45) is 0 Å². The Labute approximate surface area is 178 Å². The summed E-state index contributed by atoms with van der Waals surface area (Å²) in [5.41, 5.74) is 5.39. The lowest BCUT2D eigenvalue weighted by atomic mass is 10.2. The van der Waals surface area contributed by atoms with Crippen LogP contribution in [0.15, 0.2) is 24.3 Å². The van der Waals surface area contributed by atoms with E-state index < -0.39 is 0 Å². The minimum atomic E-state index is 0. The normalized spacial score (nSPS) is 21.8. The van der Waals surface area contributed by atoms with E-state index in [1.54, 1.807) is 0 Å². The summed E-state index contributed by atoms with van der Waals surface area (Å²) in [5, 5.41) is 8.23. The molecule has 1 unspecified atom stereocenters. The highest BCUT2D eigenvalue weighted by Crippen LogP contribution is 2.29. The van der Waals surface area contributed by atoms with E-state index in [1.807, 2.05) is 9.58 Å². The van der Waals surface area contributed by atoms with Gasteiger partial charge in [-0.2, -0.15) is 5.10 Å². The summed E-state index contributed by atoms with van der Waals surface area (Å²) in [6.07, 6.45) is 4.17. The quantitative estimate of drug-likeness (QED) is 0.835. The van der Waals surface area contributed by atoms with Gasteiger partial charge in [0.1, 0.15) is 0 Å². The summed E-state index contributed by atoms with van der Waals surface area (Å²) < 4.78 is 2.01. The molecular formula is C22H30ClN5O. The van der Waals surface area contributed by atoms with E-state index in [0.717, 1.165) is 70.6 Å². The number of nitrogens with one attached hydrogen (secondary N) is 1.